The first-order chi connectivity index (χ1) is 9.69. The smallest absolute Gasteiger partial charge is 0.226 e. The van der Waals surface area contributed by atoms with Crippen LogP contribution in [-0.2, 0) is 11.2 Å². The molecule has 0 atom stereocenters. The first-order valence-electron chi connectivity index (χ1n) is 6.63. The van der Waals surface area contributed by atoms with Crippen LogP contribution in [0.3, 0.4) is 0 Å². The molecule has 1 saturated carbocycles. The van der Waals surface area contributed by atoms with Crippen molar-refractivity contribution in [3.05, 3.63) is 35.0 Å². The minimum absolute atomic E-state index is 0.0537. The van der Waals surface area contributed by atoms with E-state index in [1.807, 2.05) is 30.5 Å². The maximum atomic E-state index is 11.7. The monoisotopic (exact) mass is 288 g/mol. The highest BCUT2D eigenvalue weighted by atomic mass is 32.1. The molecule has 1 fully saturated rings. The summed E-state index contributed by atoms with van der Waals surface area (Å²) in [6.07, 6.45) is 2.55. The number of hydrogen-bond acceptors (Lipinski definition) is 5. The van der Waals surface area contributed by atoms with E-state index in [1.165, 1.54) is 11.3 Å². The zero-order valence-corrected chi connectivity index (χ0v) is 12.0. The van der Waals surface area contributed by atoms with Crippen molar-refractivity contribution in [1.82, 2.24) is 15.3 Å². The fourth-order valence-electron chi connectivity index (χ4n) is 1.84. The highest BCUT2D eigenvalue weighted by Gasteiger charge is 2.23. The lowest BCUT2D eigenvalue weighted by atomic mass is 10.3. The molecule has 3 rings (SSSR count). The van der Waals surface area contributed by atoms with Gasteiger partial charge in [-0.1, -0.05) is 6.07 Å². The Labute approximate surface area is 121 Å². The van der Waals surface area contributed by atoms with Gasteiger partial charge in [0.15, 0.2) is 5.13 Å². The second-order valence-corrected chi connectivity index (χ2v) is 5.81. The molecule has 0 aliphatic heterocycles. The third-order valence-electron chi connectivity index (χ3n) is 2.96. The van der Waals surface area contributed by atoms with E-state index < -0.39 is 0 Å². The van der Waals surface area contributed by atoms with Crippen molar-refractivity contribution in [3.8, 4) is 0 Å². The van der Waals surface area contributed by atoms with Gasteiger partial charge in [-0.05, 0) is 31.9 Å². The van der Waals surface area contributed by atoms with E-state index in [2.05, 4.69) is 20.6 Å². The van der Waals surface area contributed by atoms with Crippen LogP contribution in [-0.4, -0.2) is 21.9 Å². The van der Waals surface area contributed by atoms with Crippen molar-refractivity contribution in [2.75, 3.05) is 5.32 Å². The minimum Gasteiger partial charge on any atom is -0.353 e. The molecule has 2 heterocycles. The van der Waals surface area contributed by atoms with Gasteiger partial charge in [0.2, 0.25) is 5.91 Å². The number of amides is 1. The molecule has 0 aromatic carbocycles. The van der Waals surface area contributed by atoms with Crippen molar-refractivity contribution in [3.63, 3.8) is 0 Å². The van der Waals surface area contributed by atoms with Gasteiger partial charge in [-0.3, -0.25) is 4.79 Å². The number of pyridine rings is 1. The summed E-state index contributed by atoms with van der Waals surface area (Å²) < 4.78 is 0. The first kappa shape index (κ1) is 13.1. The van der Waals surface area contributed by atoms with Crippen LogP contribution in [0.5, 0.6) is 0 Å². The van der Waals surface area contributed by atoms with Crippen LogP contribution in [0.4, 0.5) is 10.9 Å². The van der Waals surface area contributed by atoms with Crippen LogP contribution >= 0.6 is 11.3 Å². The highest BCUT2D eigenvalue weighted by Crippen LogP contribution is 2.21. The number of carbonyl (C=O) groups excluding carboxylic acids is 1. The van der Waals surface area contributed by atoms with Gasteiger partial charge < -0.3 is 10.6 Å². The lowest BCUT2D eigenvalue weighted by Gasteiger charge is -2.02. The summed E-state index contributed by atoms with van der Waals surface area (Å²) >= 11 is 1.48. The molecule has 0 radical (unpaired) electrons. The summed E-state index contributed by atoms with van der Waals surface area (Å²) in [5.41, 5.74) is 1.75. The van der Waals surface area contributed by atoms with Crippen LogP contribution in [0, 0.1) is 6.92 Å². The largest absolute Gasteiger partial charge is 0.353 e. The van der Waals surface area contributed by atoms with E-state index in [-0.39, 0.29) is 5.91 Å². The van der Waals surface area contributed by atoms with E-state index in [1.54, 1.807) is 0 Å². The molecule has 0 saturated heterocycles. The Bertz CT molecular complexity index is 621. The Hall–Kier alpha value is -1.95. The fraction of sp³-hybridized carbons (Fsp3) is 0.357. The average molecular weight is 288 g/mol. The first-order valence-corrected chi connectivity index (χ1v) is 7.51. The predicted octanol–water partition coefficient (Wildman–Crippen LogP) is 2.41. The fourth-order valence-corrected chi connectivity index (χ4v) is 2.56. The Morgan fingerprint density at radius 3 is 3.00 bits per heavy atom. The van der Waals surface area contributed by atoms with Crippen LogP contribution in [0.1, 0.15) is 24.2 Å². The van der Waals surface area contributed by atoms with Crippen molar-refractivity contribution in [2.45, 2.75) is 32.2 Å². The topological polar surface area (TPSA) is 66.9 Å². The number of aromatic nitrogens is 2. The molecule has 6 heteroatoms. The molecule has 1 amide bonds. The Kier molecular flexibility index (Phi) is 3.64. The number of carbonyl (C=O) groups is 1. The Morgan fingerprint density at radius 2 is 2.25 bits per heavy atom. The number of thiazole rings is 1. The van der Waals surface area contributed by atoms with Crippen molar-refractivity contribution in [2.24, 2.45) is 0 Å². The molecular weight excluding hydrogens is 272 g/mol. The average Bonchev–Trinajstić information content (AvgIpc) is 3.09. The molecule has 104 valence electrons. The summed E-state index contributed by atoms with van der Waals surface area (Å²) in [6.45, 7) is 1.95. The molecule has 2 aromatic heterocycles. The number of nitrogens with zero attached hydrogens (tertiary/aromatic N) is 2. The van der Waals surface area contributed by atoms with Crippen LogP contribution in [0.15, 0.2) is 23.6 Å². The third-order valence-corrected chi connectivity index (χ3v) is 3.77. The molecule has 1 aliphatic carbocycles. The molecule has 20 heavy (non-hydrogen) atoms. The molecule has 0 spiro atoms. The number of anilines is 2. The van der Waals surface area contributed by atoms with E-state index in [0.29, 0.717) is 12.5 Å². The van der Waals surface area contributed by atoms with Crippen molar-refractivity contribution in [1.29, 1.82) is 0 Å². The van der Waals surface area contributed by atoms with Gasteiger partial charge in [0, 0.05) is 17.1 Å². The number of aryl methyl sites for hydroxylation is 1. The molecule has 5 nitrogen and oxygen atoms in total. The second-order valence-electron chi connectivity index (χ2n) is 4.95. The lowest BCUT2D eigenvalue weighted by molar-refractivity contribution is -0.120. The second kappa shape index (κ2) is 5.58. The van der Waals surface area contributed by atoms with Gasteiger partial charge in [-0.2, -0.15) is 0 Å². The van der Waals surface area contributed by atoms with Gasteiger partial charge in [-0.25, -0.2) is 9.97 Å². The quantitative estimate of drug-likeness (QED) is 0.886. The minimum atomic E-state index is 0.0537. The van der Waals surface area contributed by atoms with Crippen LogP contribution < -0.4 is 10.6 Å². The van der Waals surface area contributed by atoms with Gasteiger partial charge in [0.25, 0.3) is 0 Å². The van der Waals surface area contributed by atoms with Crippen LogP contribution in [0.2, 0.25) is 0 Å². The summed E-state index contributed by atoms with van der Waals surface area (Å²) in [6, 6.07) is 6.19. The van der Waals surface area contributed by atoms with Crippen molar-refractivity contribution < 1.29 is 4.79 Å². The standard InChI is InChI=1S/C14H16N4OS/c1-9-3-2-4-12(15-9)18-14-17-11(8-20-14)7-13(19)16-10-5-6-10/h2-4,8,10H,5-7H2,1H3,(H,16,19)(H,15,17,18). The Balaban J connectivity index is 1.59. The zero-order valence-electron chi connectivity index (χ0n) is 11.2. The molecule has 2 N–H and O–H groups in total. The Morgan fingerprint density at radius 1 is 1.40 bits per heavy atom. The summed E-state index contributed by atoms with van der Waals surface area (Å²) in [5.74, 6) is 0.825. The summed E-state index contributed by atoms with van der Waals surface area (Å²) in [7, 11) is 0. The number of nitrogens with one attached hydrogen (secondary N) is 2. The van der Waals surface area contributed by atoms with E-state index in [0.717, 1.165) is 35.2 Å². The van der Waals surface area contributed by atoms with Gasteiger partial charge in [-0.15, -0.1) is 11.3 Å². The van der Waals surface area contributed by atoms with E-state index >= 15 is 0 Å². The lowest BCUT2D eigenvalue weighted by Crippen LogP contribution is -2.27. The molecular formula is C14H16N4OS. The van der Waals surface area contributed by atoms with Gasteiger partial charge in [0.1, 0.15) is 5.82 Å². The van der Waals surface area contributed by atoms with E-state index in [4.69, 9.17) is 0 Å². The normalized spacial score (nSPS) is 14.1. The van der Waals surface area contributed by atoms with Gasteiger partial charge in [0.05, 0.1) is 12.1 Å². The highest BCUT2D eigenvalue weighted by molar-refractivity contribution is 7.13. The van der Waals surface area contributed by atoms with E-state index in [9.17, 15) is 4.79 Å². The number of hydrogen-bond donors (Lipinski definition) is 2. The number of rotatable bonds is 5. The SMILES string of the molecule is Cc1cccc(Nc2nc(CC(=O)NC3CC3)cs2)n1. The van der Waals surface area contributed by atoms with Crippen LogP contribution in [0.25, 0.3) is 0 Å². The maximum absolute atomic E-state index is 11.7. The maximum Gasteiger partial charge on any atom is 0.226 e. The van der Waals surface area contributed by atoms with Gasteiger partial charge >= 0.3 is 0 Å². The summed E-state index contributed by atoms with van der Waals surface area (Å²) in [5, 5.41) is 8.79. The predicted molar refractivity (Wildman–Crippen MR) is 79.2 cm³/mol. The molecule has 2 aromatic rings. The summed E-state index contributed by atoms with van der Waals surface area (Å²) in [4.78, 5) is 20.5. The third kappa shape index (κ3) is 3.54. The zero-order chi connectivity index (χ0) is 13.9. The molecule has 0 bridgehead atoms. The molecule has 0 unspecified atom stereocenters. The van der Waals surface area contributed by atoms with Crippen molar-refractivity contribution >= 4 is 28.2 Å². The molecule has 1 aliphatic rings.